The lowest BCUT2D eigenvalue weighted by molar-refractivity contribution is 0.243. The Kier molecular flexibility index (Phi) is 4.21. The minimum absolute atomic E-state index is 0.232. The van der Waals surface area contributed by atoms with Crippen molar-refractivity contribution in [3.63, 3.8) is 0 Å². The fourth-order valence-electron chi connectivity index (χ4n) is 3.15. The fraction of sp³-hybridized carbons (Fsp3) is 0.250. The first-order valence-corrected chi connectivity index (χ1v) is 8.60. The quantitative estimate of drug-likeness (QED) is 0.635. The van der Waals surface area contributed by atoms with Gasteiger partial charge in [-0.1, -0.05) is 41.9 Å². The van der Waals surface area contributed by atoms with Crippen LogP contribution in [0.3, 0.4) is 0 Å². The van der Waals surface area contributed by atoms with E-state index in [1.54, 1.807) is 12.1 Å². The third kappa shape index (κ3) is 3.14. The zero-order valence-corrected chi connectivity index (χ0v) is 14.0. The van der Waals surface area contributed by atoms with Crippen LogP contribution in [0.25, 0.3) is 10.9 Å². The summed E-state index contributed by atoms with van der Waals surface area (Å²) in [6.07, 6.45) is 4.13. The van der Waals surface area contributed by atoms with Crippen molar-refractivity contribution in [2.45, 2.75) is 32.0 Å². The lowest BCUT2D eigenvalue weighted by Gasteiger charge is -2.23. The summed E-state index contributed by atoms with van der Waals surface area (Å²) >= 11 is 6.22. The van der Waals surface area contributed by atoms with E-state index in [1.807, 2.05) is 12.3 Å². The van der Waals surface area contributed by atoms with Crippen LogP contribution < -0.4 is 0 Å². The molecule has 0 atom stereocenters. The van der Waals surface area contributed by atoms with E-state index < -0.39 is 0 Å². The van der Waals surface area contributed by atoms with Gasteiger partial charge >= 0.3 is 0 Å². The monoisotopic (exact) mass is 340 g/mol. The molecule has 1 saturated carbocycles. The van der Waals surface area contributed by atoms with Crippen LogP contribution >= 0.6 is 11.6 Å². The van der Waals surface area contributed by atoms with Gasteiger partial charge in [-0.25, -0.2) is 4.39 Å². The zero-order valence-electron chi connectivity index (χ0n) is 13.3. The summed E-state index contributed by atoms with van der Waals surface area (Å²) in [6.45, 7) is 1.28. The Morgan fingerprint density at radius 3 is 2.62 bits per heavy atom. The molecule has 1 aliphatic carbocycles. The SMILES string of the molecule is Fc1cccc(Cl)c1CN(Cc1cccc2cccnc12)C1CC1. The lowest BCUT2D eigenvalue weighted by atomic mass is 10.1. The molecule has 0 N–H and O–H groups in total. The molecule has 0 amide bonds. The van der Waals surface area contributed by atoms with Gasteiger partial charge in [-0.2, -0.15) is 0 Å². The number of rotatable bonds is 5. The van der Waals surface area contributed by atoms with E-state index >= 15 is 0 Å². The molecule has 24 heavy (non-hydrogen) atoms. The molecule has 0 spiro atoms. The second kappa shape index (κ2) is 6.50. The van der Waals surface area contributed by atoms with Gasteiger partial charge in [0.2, 0.25) is 0 Å². The number of pyridine rings is 1. The van der Waals surface area contributed by atoms with Gasteiger partial charge in [-0.15, -0.1) is 0 Å². The zero-order chi connectivity index (χ0) is 16.5. The standard InChI is InChI=1S/C20H18ClFN2/c21-18-7-2-8-19(22)17(18)13-24(16-9-10-16)12-15-5-1-4-14-6-3-11-23-20(14)15/h1-8,11,16H,9-10,12-13H2. The molecule has 1 fully saturated rings. The van der Waals surface area contributed by atoms with Gasteiger partial charge in [0.05, 0.1) is 5.52 Å². The summed E-state index contributed by atoms with van der Waals surface area (Å²) in [5.41, 5.74) is 2.78. The van der Waals surface area contributed by atoms with E-state index in [1.165, 1.54) is 11.6 Å². The molecule has 4 rings (SSSR count). The van der Waals surface area contributed by atoms with Crippen LogP contribution in [0.4, 0.5) is 4.39 Å². The van der Waals surface area contributed by atoms with Crippen molar-refractivity contribution >= 4 is 22.5 Å². The molecule has 0 radical (unpaired) electrons. The van der Waals surface area contributed by atoms with E-state index in [0.717, 1.165) is 30.3 Å². The van der Waals surface area contributed by atoms with E-state index in [0.29, 0.717) is 23.2 Å². The number of nitrogens with zero attached hydrogens (tertiary/aromatic N) is 2. The summed E-state index contributed by atoms with van der Waals surface area (Å²) in [5, 5.41) is 1.63. The van der Waals surface area contributed by atoms with Crippen molar-refractivity contribution < 1.29 is 4.39 Å². The highest BCUT2D eigenvalue weighted by molar-refractivity contribution is 6.31. The van der Waals surface area contributed by atoms with Crippen LogP contribution in [0.5, 0.6) is 0 Å². The van der Waals surface area contributed by atoms with Gasteiger partial charge in [0.15, 0.2) is 0 Å². The number of halogens is 2. The highest BCUT2D eigenvalue weighted by Gasteiger charge is 2.30. The average molecular weight is 341 g/mol. The van der Waals surface area contributed by atoms with Gasteiger partial charge < -0.3 is 0 Å². The number of aromatic nitrogens is 1. The lowest BCUT2D eigenvalue weighted by Crippen LogP contribution is -2.26. The van der Waals surface area contributed by atoms with Crippen LogP contribution in [0.2, 0.25) is 5.02 Å². The van der Waals surface area contributed by atoms with Crippen LogP contribution in [-0.2, 0) is 13.1 Å². The molecular formula is C20H18ClFN2. The average Bonchev–Trinajstić information content (AvgIpc) is 3.42. The number of benzene rings is 2. The van der Waals surface area contributed by atoms with Crippen LogP contribution in [0.15, 0.2) is 54.7 Å². The second-order valence-electron chi connectivity index (χ2n) is 6.33. The molecule has 0 aliphatic heterocycles. The van der Waals surface area contributed by atoms with Gasteiger partial charge in [0.1, 0.15) is 5.82 Å². The van der Waals surface area contributed by atoms with Gasteiger partial charge in [-0.3, -0.25) is 9.88 Å². The highest BCUT2D eigenvalue weighted by Crippen LogP contribution is 2.32. The van der Waals surface area contributed by atoms with E-state index in [9.17, 15) is 4.39 Å². The Balaban J connectivity index is 1.64. The maximum absolute atomic E-state index is 14.2. The third-order valence-electron chi connectivity index (χ3n) is 4.58. The topological polar surface area (TPSA) is 16.1 Å². The Bertz CT molecular complexity index is 851. The molecule has 1 aromatic heterocycles. The second-order valence-corrected chi connectivity index (χ2v) is 6.74. The summed E-state index contributed by atoms with van der Waals surface area (Å²) in [6, 6.07) is 15.6. The van der Waals surface area contributed by atoms with Crippen molar-refractivity contribution in [2.24, 2.45) is 0 Å². The first kappa shape index (κ1) is 15.6. The van der Waals surface area contributed by atoms with E-state index in [2.05, 4.69) is 34.1 Å². The van der Waals surface area contributed by atoms with Crippen LogP contribution in [0, 0.1) is 5.82 Å². The Hall–Kier alpha value is -1.97. The van der Waals surface area contributed by atoms with Crippen molar-refractivity contribution in [3.8, 4) is 0 Å². The maximum atomic E-state index is 14.2. The van der Waals surface area contributed by atoms with Crippen molar-refractivity contribution in [1.29, 1.82) is 0 Å². The molecular weight excluding hydrogens is 323 g/mol. The molecule has 0 bridgehead atoms. The number of para-hydroxylation sites is 1. The molecule has 3 aromatic rings. The molecule has 1 heterocycles. The Morgan fingerprint density at radius 2 is 1.83 bits per heavy atom. The fourth-order valence-corrected chi connectivity index (χ4v) is 3.38. The van der Waals surface area contributed by atoms with E-state index in [-0.39, 0.29) is 5.82 Å². The van der Waals surface area contributed by atoms with Crippen molar-refractivity contribution in [2.75, 3.05) is 0 Å². The number of hydrogen-bond acceptors (Lipinski definition) is 2. The maximum Gasteiger partial charge on any atom is 0.129 e. The molecule has 122 valence electrons. The summed E-state index contributed by atoms with van der Waals surface area (Å²) in [4.78, 5) is 6.84. The molecule has 0 saturated heterocycles. The van der Waals surface area contributed by atoms with Crippen LogP contribution in [0.1, 0.15) is 24.0 Å². The third-order valence-corrected chi connectivity index (χ3v) is 4.93. The molecule has 0 unspecified atom stereocenters. The molecule has 2 aromatic carbocycles. The van der Waals surface area contributed by atoms with Gasteiger partial charge in [0.25, 0.3) is 0 Å². The Morgan fingerprint density at radius 1 is 1.04 bits per heavy atom. The number of fused-ring (bicyclic) bond motifs is 1. The Labute approximate surface area is 145 Å². The van der Waals surface area contributed by atoms with Gasteiger partial charge in [0, 0.05) is 41.3 Å². The molecule has 4 heteroatoms. The first-order valence-electron chi connectivity index (χ1n) is 8.22. The largest absolute Gasteiger partial charge is 0.292 e. The van der Waals surface area contributed by atoms with E-state index in [4.69, 9.17) is 11.6 Å². The van der Waals surface area contributed by atoms with Crippen molar-refractivity contribution in [1.82, 2.24) is 9.88 Å². The predicted molar refractivity (Wildman–Crippen MR) is 95.4 cm³/mol. The summed E-state index contributed by atoms with van der Waals surface area (Å²) in [5.74, 6) is -0.232. The number of hydrogen-bond donors (Lipinski definition) is 0. The minimum Gasteiger partial charge on any atom is -0.292 e. The normalized spacial score (nSPS) is 14.5. The molecule has 2 nitrogen and oxygen atoms in total. The first-order chi connectivity index (χ1) is 11.7. The minimum atomic E-state index is -0.232. The predicted octanol–water partition coefficient (Wildman–Crippen LogP) is 5.19. The highest BCUT2D eigenvalue weighted by atomic mass is 35.5. The van der Waals surface area contributed by atoms with Crippen molar-refractivity contribution in [3.05, 3.63) is 76.7 Å². The summed E-state index contributed by atoms with van der Waals surface area (Å²) in [7, 11) is 0. The summed E-state index contributed by atoms with van der Waals surface area (Å²) < 4.78 is 14.2. The smallest absolute Gasteiger partial charge is 0.129 e. The van der Waals surface area contributed by atoms with Gasteiger partial charge in [-0.05, 0) is 36.6 Å². The molecule has 1 aliphatic rings. The van der Waals surface area contributed by atoms with Crippen LogP contribution in [-0.4, -0.2) is 15.9 Å².